The van der Waals surface area contributed by atoms with Gasteiger partial charge in [0.25, 0.3) is 0 Å². The fraction of sp³-hybridized carbons (Fsp3) is 0.556. The normalized spacial score (nSPS) is 19.0. The van der Waals surface area contributed by atoms with Gasteiger partial charge in [-0.2, -0.15) is 4.98 Å². The SMILES string of the molecule is CNC(=O)CCN(C=O)C(=N)c1ccc(C2CCN(Cc3cc(F)cc(SN4CCC(Nc5ncc(C6(C)CC6)c(N(C=O)C6CCCCC6)n5)CC4)c3)CC2)cc1NC. The lowest BCUT2D eigenvalue weighted by Gasteiger charge is -2.34. The molecule has 3 amide bonds. The second-order valence-electron chi connectivity index (χ2n) is 17.2. The van der Waals surface area contributed by atoms with Crippen LogP contribution >= 0.6 is 11.9 Å². The maximum absolute atomic E-state index is 15.0. The molecule has 4 N–H and O–H groups in total. The lowest BCUT2D eigenvalue weighted by molar-refractivity contribution is -0.121. The third-order valence-electron chi connectivity index (χ3n) is 13.0. The van der Waals surface area contributed by atoms with Gasteiger partial charge in [0.1, 0.15) is 17.5 Å². The van der Waals surface area contributed by atoms with E-state index in [0.29, 0.717) is 30.4 Å². The van der Waals surface area contributed by atoms with Crippen LogP contribution < -0.4 is 20.9 Å². The van der Waals surface area contributed by atoms with E-state index in [-0.39, 0.29) is 48.0 Å². The van der Waals surface area contributed by atoms with Crippen molar-refractivity contribution in [3.63, 3.8) is 0 Å². The van der Waals surface area contributed by atoms with Crippen molar-refractivity contribution in [1.29, 1.82) is 5.41 Å². The number of aromatic nitrogens is 2. The number of amidine groups is 1. The van der Waals surface area contributed by atoms with Crippen LogP contribution in [-0.4, -0.2) is 108 Å². The van der Waals surface area contributed by atoms with E-state index in [9.17, 15) is 14.4 Å². The van der Waals surface area contributed by atoms with Gasteiger partial charge >= 0.3 is 0 Å². The van der Waals surface area contributed by atoms with Gasteiger partial charge in [-0.05, 0) is 129 Å². The Bertz CT molecular complexity index is 1990. The molecule has 3 aromatic rings. The van der Waals surface area contributed by atoms with Crippen LogP contribution in [0.25, 0.3) is 0 Å². The Morgan fingerprint density at radius 2 is 1.73 bits per heavy atom. The van der Waals surface area contributed by atoms with Gasteiger partial charge in [-0.15, -0.1) is 0 Å². The zero-order chi connectivity index (χ0) is 42.2. The first-order valence-corrected chi connectivity index (χ1v) is 22.5. The predicted octanol–water partition coefficient (Wildman–Crippen LogP) is 6.89. The minimum absolute atomic E-state index is 0.0421. The molecule has 4 aliphatic rings. The molecule has 0 bridgehead atoms. The number of likely N-dealkylation sites (tertiary alicyclic amines) is 1. The van der Waals surface area contributed by atoms with Gasteiger partial charge in [0, 0.05) is 86.7 Å². The maximum atomic E-state index is 15.0. The highest BCUT2D eigenvalue weighted by molar-refractivity contribution is 7.97. The Hall–Kier alpha value is -4.60. The molecule has 0 atom stereocenters. The van der Waals surface area contributed by atoms with Crippen LogP contribution in [0.15, 0.2) is 47.5 Å². The molecule has 0 spiro atoms. The quantitative estimate of drug-likeness (QED) is 0.0490. The summed E-state index contributed by atoms with van der Waals surface area (Å²) in [7, 11) is 3.36. The zero-order valence-electron chi connectivity index (χ0n) is 35.4. The Balaban J connectivity index is 0.901. The third-order valence-corrected chi connectivity index (χ3v) is 14.1. The second-order valence-corrected chi connectivity index (χ2v) is 18.4. The monoisotopic (exact) mass is 840 g/mol. The highest BCUT2D eigenvalue weighted by Gasteiger charge is 2.43. The van der Waals surface area contributed by atoms with Crippen LogP contribution in [-0.2, 0) is 26.3 Å². The first-order valence-electron chi connectivity index (χ1n) is 21.7. The van der Waals surface area contributed by atoms with E-state index >= 15 is 4.39 Å². The number of benzene rings is 2. The predicted molar refractivity (Wildman–Crippen MR) is 236 cm³/mol. The zero-order valence-corrected chi connectivity index (χ0v) is 36.2. The molecule has 2 saturated carbocycles. The molecule has 15 heteroatoms. The number of amides is 3. The molecule has 2 saturated heterocycles. The molecule has 322 valence electrons. The number of rotatable bonds is 17. The van der Waals surface area contributed by atoms with E-state index < -0.39 is 0 Å². The largest absolute Gasteiger partial charge is 0.388 e. The van der Waals surface area contributed by atoms with Crippen LogP contribution in [0.3, 0.4) is 0 Å². The van der Waals surface area contributed by atoms with Gasteiger partial charge < -0.3 is 16.0 Å². The fourth-order valence-corrected chi connectivity index (χ4v) is 10.1. The lowest BCUT2D eigenvalue weighted by Crippen LogP contribution is -2.38. The number of piperidine rings is 2. The van der Waals surface area contributed by atoms with Gasteiger partial charge in [-0.3, -0.25) is 34.5 Å². The number of nitrogens with zero attached hydrogens (tertiary/aromatic N) is 6. The van der Waals surface area contributed by atoms with Gasteiger partial charge in [0.05, 0.1) is 0 Å². The van der Waals surface area contributed by atoms with E-state index in [1.54, 1.807) is 31.1 Å². The van der Waals surface area contributed by atoms with Crippen molar-refractivity contribution in [2.45, 2.75) is 119 Å². The first kappa shape index (κ1) is 43.5. The number of halogens is 1. The second kappa shape index (κ2) is 19.9. The maximum Gasteiger partial charge on any atom is 0.224 e. The van der Waals surface area contributed by atoms with Crippen molar-refractivity contribution in [3.8, 4) is 0 Å². The Kier molecular flexibility index (Phi) is 14.4. The van der Waals surface area contributed by atoms with Crippen LogP contribution in [0.2, 0.25) is 0 Å². The van der Waals surface area contributed by atoms with Crippen LogP contribution in [0.4, 0.5) is 21.8 Å². The minimum Gasteiger partial charge on any atom is -0.388 e. The average molecular weight is 841 g/mol. The molecule has 60 heavy (non-hydrogen) atoms. The number of carbonyl (C=O) groups excluding carboxylic acids is 3. The minimum atomic E-state index is -0.220. The van der Waals surface area contributed by atoms with E-state index in [1.807, 2.05) is 30.3 Å². The van der Waals surface area contributed by atoms with Crippen molar-refractivity contribution >= 4 is 54.0 Å². The first-order chi connectivity index (χ1) is 29.1. The molecule has 4 fully saturated rings. The smallest absolute Gasteiger partial charge is 0.224 e. The molecule has 13 nitrogen and oxygen atoms in total. The summed E-state index contributed by atoms with van der Waals surface area (Å²) in [6.07, 6.45) is 15.1. The van der Waals surface area contributed by atoms with Crippen molar-refractivity contribution in [3.05, 3.63) is 70.7 Å². The molecule has 2 aromatic carbocycles. The number of anilines is 3. The summed E-state index contributed by atoms with van der Waals surface area (Å²) in [5.41, 5.74) is 4.65. The fourth-order valence-electron chi connectivity index (χ4n) is 9.01. The number of nitrogens with one attached hydrogen (secondary N) is 4. The summed E-state index contributed by atoms with van der Waals surface area (Å²) in [4.78, 5) is 52.2. The number of carbonyl (C=O) groups is 3. The molecule has 2 aliphatic heterocycles. The lowest BCUT2D eigenvalue weighted by atomic mass is 9.88. The van der Waals surface area contributed by atoms with E-state index in [0.717, 1.165) is 124 Å². The Morgan fingerprint density at radius 1 is 0.983 bits per heavy atom. The topological polar surface area (TPSA) is 150 Å². The van der Waals surface area contributed by atoms with E-state index in [4.69, 9.17) is 15.4 Å². The molecule has 7 rings (SSSR count). The summed E-state index contributed by atoms with van der Waals surface area (Å²) in [6, 6.07) is 11.8. The summed E-state index contributed by atoms with van der Waals surface area (Å²) in [5, 5.41) is 18.0. The molecular weight excluding hydrogens is 780 g/mol. The van der Waals surface area contributed by atoms with Crippen LogP contribution in [0.1, 0.15) is 112 Å². The van der Waals surface area contributed by atoms with Crippen LogP contribution in [0.5, 0.6) is 0 Å². The third kappa shape index (κ3) is 10.6. The summed E-state index contributed by atoms with van der Waals surface area (Å²) in [5.74, 6) is 1.35. The number of hydrogen-bond donors (Lipinski definition) is 4. The molecule has 0 unspecified atom stereocenters. The van der Waals surface area contributed by atoms with Crippen molar-refractivity contribution in [2.75, 3.05) is 62.4 Å². The van der Waals surface area contributed by atoms with E-state index in [1.165, 1.54) is 16.9 Å². The molecule has 0 radical (unpaired) electrons. The van der Waals surface area contributed by atoms with E-state index in [2.05, 4.69) is 44.2 Å². The van der Waals surface area contributed by atoms with Crippen LogP contribution in [0, 0.1) is 11.2 Å². The summed E-state index contributed by atoms with van der Waals surface area (Å²) < 4.78 is 17.3. The average Bonchev–Trinajstić information content (AvgIpc) is 4.02. The highest BCUT2D eigenvalue weighted by Crippen LogP contribution is 2.50. The van der Waals surface area contributed by atoms with Gasteiger partial charge in [-0.1, -0.05) is 32.3 Å². The summed E-state index contributed by atoms with van der Waals surface area (Å²) in [6.45, 7) is 6.52. The standard InChI is InChI=1S/C45H61FN10O3S/c1-45(16-17-45)39-27-50-44(52-43(39)56(30-58)36-7-5-4-6-8-36)51-35-13-21-55(22-14-35)60-37-24-31(23-34(46)26-37)28-53-18-11-32(12-19-53)33-9-10-38(40(25-33)48-2)42(47)54(29-57)20-15-41(59)49-3/h9-10,23-27,29-30,32,35-36,47-48H,4-8,11-22,28H2,1-3H3,(H,49,59)(H,50,51,52). The Labute approximate surface area is 358 Å². The highest BCUT2D eigenvalue weighted by atomic mass is 32.2. The van der Waals surface area contributed by atoms with Gasteiger partial charge in [-0.25, -0.2) is 13.7 Å². The van der Waals surface area contributed by atoms with Crippen molar-refractivity contribution in [1.82, 2.24) is 29.4 Å². The van der Waals surface area contributed by atoms with Gasteiger partial charge in [0.15, 0.2) is 0 Å². The molecule has 1 aromatic heterocycles. The van der Waals surface area contributed by atoms with Gasteiger partial charge in [0.2, 0.25) is 24.7 Å². The number of hydrogen-bond acceptors (Lipinski definition) is 11. The van der Waals surface area contributed by atoms with Crippen molar-refractivity contribution < 1.29 is 18.8 Å². The summed E-state index contributed by atoms with van der Waals surface area (Å²) >= 11 is 1.62. The van der Waals surface area contributed by atoms with Crippen molar-refractivity contribution in [2.24, 2.45) is 0 Å². The Morgan fingerprint density at radius 3 is 2.40 bits per heavy atom. The molecule has 3 heterocycles. The molecule has 2 aliphatic carbocycles. The molecular formula is C45H61FN10O3S.